The Labute approximate surface area is 191 Å². The van der Waals surface area contributed by atoms with Crippen LogP contribution in [0.4, 0.5) is 30.2 Å². The lowest BCUT2D eigenvalue weighted by Crippen LogP contribution is -2.20. The lowest BCUT2D eigenvalue weighted by molar-refractivity contribution is 0.102. The van der Waals surface area contributed by atoms with Crippen LogP contribution in [0.2, 0.25) is 0 Å². The number of rotatable bonds is 4. The summed E-state index contributed by atoms with van der Waals surface area (Å²) in [5.74, 6) is -3.98. The molecule has 1 aliphatic carbocycles. The Hall–Kier alpha value is -4.14. The number of benzene rings is 2. The molecule has 0 radical (unpaired) electrons. The number of nitrogens with zero attached hydrogens (tertiary/aromatic N) is 1. The van der Waals surface area contributed by atoms with Gasteiger partial charge in [0, 0.05) is 22.8 Å². The third kappa shape index (κ3) is 3.89. The van der Waals surface area contributed by atoms with Gasteiger partial charge in [0.25, 0.3) is 11.5 Å². The molecule has 4 aromatic rings. The van der Waals surface area contributed by atoms with Crippen molar-refractivity contribution in [3.63, 3.8) is 0 Å². The zero-order valence-corrected chi connectivity index (χ0v) is 17.8. The van der Waals surface area contributed by atoms with Crippen molar-refractivity contribution in [1.29, 1.82) is 0 Å². The van der Waals surface area contributed by atoms with Gasteiger partial charge in [-0.2, -0.15) is 0 Å². The summed E-state index contributed by atoms with van der Waals surface area (Å²) in [6.07, 6.45) is 4.83. The summed E-state index contributed by atoms with van der Waals surface area (Å²) in [5, 5.41) is 6.17. The molecule has 0 atom stereocenters. The second kappa shape index (κ2) is 8.66. The largest absolute Gasteiger partial charge is 0.352 e. The lowest BCUT2D eigenvalue weighted by Gasteiger charge is -2.19. The summed E-state index contributed by atoms with van der Waals surface area (Å²) < 4.78 is 42.2. The van der Waals surface area contributed by atoms with Crippen LogP contribution in [-0.4, -0.2) is 15.9 Å². The molecule has 0 aliphatic heterocycles. The number of carbonyl (C=O) groups is 1. The number of carbonyl (C=O) groups excluding carboxylic acids is 1. The molecule has 2 aromatic carbocycles. The molecule has 0 bridgehead atoms. The number of pyridine rings is 2. The second-order valence-corrected chi connectivity index (χ2v) is 8.08. The van der Waals surface area contributed by atoms with Crippen LogP contribution >= 0.6 is 0 Å². The molecule has 0 spiro atoms. The van der Waals surface area contributed by atoms with Crippen LogP contribution in [0.1, 0.15) is 34.3 Å². The molecule has 0 unspecified atom stereocenters. The Morgan fingerprint density at radius 2 is 1.74 bits per heavy atom. The van der Waals surface area contributed by atoms with Crippen molar-refractivity contribution in [1.82, 2.24) is 9.97 Å². The number of amides is 1. The third-order valence-corrected chi connectivity index (χ3v) is 5.92. The smallest absolute Gasteiger partial charge is 0.258 e. The van der Waals surface area contributed by atoms with E-state index in [2.05, 4.69) is 20.6 Å². The first kappa shape index (κ1) is 21.7. The van der Waals surface area contributed by atoms with Crippen LogP contribution in [0.5, 0.6) is 0 Å². The molecule has 3 N–H and O–H groups in total. The van der Waals surface area contributed by atoms with Gasteiger partial charge in [-0.25, -0.2) is 18.2 Å². The van der Waals surface area contributed by atoms with E-state index in [0.717, 1.165) is 54.0 Å². The van der Waals surface area contributed by atoms with Crippen molar-refractivity contribution in [2.75, 3.05) is 10.6 Å². The number of fused-ring (bicyclic) bond motifs is 3. The second-order valence-electron chi connectivity index (χ2n) is 8.08. The van der Waals surface area contributed by atoms with Crippen molar-refractivity contribution in [3.05, 3.63) is 93.2 Å². The number of aromatic amines is 1. The van der Waals surface area contributed by atoms with Crippen LogP contribution < -0.4 is 16.2 Å². The SMILES string of the molecule is O=C(Nc1ccc(Nc2ccnc3[nH]c(=O)c4c(c23)CCCC4)c(F)c1)c1cccc(F)c1F. The minimum Gasteiger partial charge on any atom is -0.352 e. The first-order valence-electron chi connectivity index (χ1n) is 10.8. The van der Waals surface area contributed by atoms with E-state index < -0.39 is 28.9 Å². The van der Waals surface area contributed by atoms with Gasteiger partial charge in [-0.05, 0) is 67.6 Å². The average molecular weight is 464 g/mol. The zero-order valence-electron chi connectivity index (χ0n) is 17.8. The Morgan fingerprint density at radius 3 is 2.53 bits per heavy atom. The van der Waals surface area contributed by atoms with E-state index in [1.54, 1.807) is 6.07 Å². The third-order valence-electron chi connectivity index (χ3n) is 5.92. The van der Waals surface area contributed by atoms with E-state index in [9.17, 15) is 22.8 Å². The van der Waals surface area contributed by atoms with Gasteiger partial charge in [0.2, 0.25) is 0 Å². The highest BCUT2D eigenvalue weighted by atomic mass is 19.2. The number of hydrogen-bond donors (Lipinski definition) is 3. The molecule has 6 nitrogen and oxygen atoms in total. The van der Waals surface area contributed by atoms with E-state index in [1.807, 2.05) is 0 Å². The molecule has 2 heterocycles. The van der Waals surface area contributed by atoms with Crippen molar-refractivity contribution < 1.29 is 18.0 Å². The number of halogens is 3. The summed E-state index contributed by atoms with van der Waals surface area (Å²) >= 11 is 0. The molecule has 0 fully saturated rings. The topological polar surface area (TPSA) is 86.9 Å². The van der Waals surface area contributed by atoms with Crippen LogP contribution in [0.15, 0.2) is 53.5 Å². The van der Waals surface area contributed by atoms with E-state index in [4.69, 9.17) is 0 Å². The number of H-pyrrole nitrogens is 1. The molecular formula is C25H19F3N4O2. The average Bonchev–Trinajstić information content (AvgIpc) is 2.82. The first-order valence-corrected chi connectivity index (χ1v) is 10.8. The molecule has 34 heavy (non-hydrogen) atoms. The summed E-state index contributed by atoms with van der Waals surface area (Å²) in [5.41, 5.74) is 2.27. The van der Waals surface area contributed by atoms with Gasteiger partial charge in [0.05, 0.1) is 16.9 Å². The van der Waals surface area contributed by atoms with E-state index >= 15 is 0 Å². The summed E-state index contributed by atoms with van der Waals surface area (Å²) in [7, 11) is 0. The van der Waals surface area contributed by atoms with E-state index in [0.29, 0.717) is 17.8 Å². The normalized spacial score (nSPS) is 12.9. The number of hydrogen-bond acceptors (Lipinski definition) is 4. The van der Waals surface area contributed by atoms with Crippen LogP contribution in [0.25, 0.3) is 11.0 Å². The van der Waals surface area contributed by atoms with Crippen LogP contribution in [-0.2, 0) is 12.8 Å². The molecule has 0 saturated carbocycles. The first-order chi connectivity index (χ1) is 16.4. The van der Waals surface area contributed by atoms with E-state index in [1.165, 1.54) is 24.4 Å². The fourth-order valence-electron chi connectivity index (χ4n) is 4.30. The predicted octanol–water partition coefficient (Wildman–Crippen LogP) is 5.22. The van der Waals surface area contributed by atoms with Crippen LogP contribution in [0, 0.1) is 17.5 Å². The minimum absolute atomic E-state index is 0.0815. The minimum atomic E-state index is -1.27. The van der Waals surface area contributed by atoms with Crippen molar-refractivity contribution in [2.45, 2.75) is 25.7 Å². The molecule has 5 rings (SSSR count). The van der Waals surface area contributed by atoms with Crippen LogP contribution in [0.3, 0.4) is 0 Å². The van der Waals surface area contributed by atoms with Crippen molar-refractivity contribution >= 4 is 34.0 Å². The maximum absolute atomic E-state index is 14.9. The number of anilines is 3. The number of aromatic nitrogens is 2. The van der Waals surface area contributed by atoms with E-state index in [-0.39, 0.29) is 16.9 Å². The summed E-state index contributed by atoms with van der Waals surface area (Å²) in [6.45, 7) is 0. The van der Waals surface area contributed by atoms with Gasteiger partial charge >= 0.3 is 0 Å². The van der Waals surface area contributed by atoms with Gasteiger partial charge in [0.1, 0.15) is 11.5 Å². The van der Waals surface area contributed by atoms with Gasteiger partial charge in [-0.1, -0.05) is 6.07 Å². The van der Waals surface area contributed by atoms with Gasteiger partial charge < -0.3 is 15.6 Å². The Kier molecular flexibility index (Phi) is 5.53. The monoisotopic (exact) mass is 464 g/mol. The maximum Gasteiger partial charge on any atom is 0.258 e. The Bertz CT molecular complexity index is 1500. The highest BCUT2D eigenvalue weighted by molar-refractivity contribution is 6.04. The van der Waals surface area contributed by atoms with Gasteiger partial charge in [-0.3, -0.25) is 9.59 Å². The number of nitrogens with one attached hydrogen (secondary N) is 3. The maximum atomic E-state index is 14.9. The molecular weight excluding hydrogens is 445 g/mol. The highest BCUT2D eigenvalue weighted by Gasteiger charge is 2.20. The fraction of sp³-hybridized carbons (Fsp3) is 0.160. The predicted molar refractivity (Wildman–Crippen MR) is 123 cm³/mol. The standard InChI is InChI=1S/C25H19F3N4O2/c26-17-7-3-6-16(22(17)28)25(34)30-13-8-9-19(18(27)12-13)31-20-10-11-29-23-21(20)14-4-1-2-5-15(14)24(33)32-23/h3,6-12H,1-2,4-5H2,(H,30,34)(H2,29,31,32,33). The van der Waals surface area contributed by atoms with Gasteiger partial charge in [-0.15, -0.1) is 0 Å². The molecule has 172 valence electrons. The van der Waals surface area contributed by atoms with Crippen molar-refractivity contribution in [2.24, 2.45) is 0 Å². The molecule has 0 saturated heterocycles. The highest BCUT2D eigenvalue weighted by Crippen LogP contribution is 2.32. The fourth-order valence-corrected chi connectivity index (χ4v) is 4.30. The molecule has 2 aromatic heterocycles. The molecule has 1 amide bonds. The lowest BCUT2D eigenvalue weighted by atomic mass is 9.90. The zero-order chi connectivity index (χ0) is 23.8. The Balaban J connectivity index is 1.45. The number of aryl methyl sites for hydroxylation is 1. The van der Waals surface area contributed by atoms with Gasteiger partial charge in [0.15, 0.2) is 11.6 Å². The van der Waals surface area contributed by atoms with Crippen molar-refractivity contribution in [3.8, 4) is 0 Å². The summed E-state index contributed by atoms with van der Waals surface area (Å²) in [6, 6.07) is 8.92. The molecule has 1 aliphatic rings. The molecule has 9 heteroatoms. The summed E-state index contributed by atoms with van der Waals surface area (Å²) in [4.78, 5) is 31.8. The Morgan fingerprint density at radius 1 is 0.941 bits per heavy atom. The quantitative estimate of drug-likeness (QED) is 0.387.